The average Bonchev–Trinajstić information content (AvgIpc) is 2.59. The summed E-state index contributed by atoms with van der Waals surface area (Å²) < 4.78 is 10.3. The number of likely N-dealkylation sites (tertiary alicyclic amines) is 1. The first-order chi connectivity index (χ1) is 11.0. The quantitative estimate of drug-likeness (QED) is 0.818. The Morgan fingerprint density at radius 1 is 1.17 bits per heavy atom. The Labute approximate surface area is 135 Å². The predicted molar refractivity (Wildman–Crippen MR) is 83.8 cm³/mol. The van der Waals surface area contributed by atoms with Gasteiger partial charge >= 0.3 is 5.97 Å². The maximum atomic E-state index is 12.3. The number of benzene rings is 1. The van der Waals surface area contributed by atoms with E-state index in [-0.39, 0.29) is 11.8 Å². The third-order valence-electron chi connectivity index (χ3n) is 4.01. The van der Waals surface area contributed by atoms with Crippen LogP contribution in [0.15, 0.2) is 18.2 Å². The van der Waals surface area contributed by atoms with Gasteiger partial charge in [-0.15, -0.1) is 0 Å². The zero-order valence-corrected chi connectivity index (χ0v) is 13.4. The van der Waals surface area contributed by atoms with Crippen LogP contribution in [-0.4, -0.2) is 55.9 Å². The van der Waals surface area contributed by atoms with Gasteiger partial charge < -0.3 is 19.9 Å². The number of carboxylic acid groups (broad SMARTS) is 1. The highest BCUT2D eigenvalue weighted by Crippen LogP contribution is 2.22. The van der Waals surface area contributed by atoms with Crippen LogP contribution in [0.4, 0.5) is 0 Å². The predicted octanol–water partition coefficient (Wildman–Crippen LogP) is 1.19. The number of aliphatic carboxylic acids is 1. The number of nitrogens with zero attached hydrogens (tertiary/aromatic N) is 1. The molecule has 0 unspecified atom stereocenters. The Kier molecular flexibility index (Phi) is 5.81. The first-order valence-electron chi connectivity index (χ1n) is 7.50. The number of piperidine rings is 1. The van der Waals surface area contributed by atoms with E-state index in [0.717, 1.165) is 0 Å². The van der Waals surface area contributed by atoms with E-state index >= 15 is 0 Å². The zero-order valence-electron chi connectivity index (χ0n) is 13.4. The Bertz CT molecular complexity index is 545. The lowest BCUT2D eigenvalue weighted by molar-refractivity contribution is -0.143. The number of amides is 1. The van der Waals surface area contributed by atoms with Crippen molar-refractivity contribution in [3.05, 3.63) is 23.8 Å². The van der Waals surface area contributed by atoms with E-state index in [9.17, 15) is 9.59 Å². The Morgan fingerprint density at radius 2 is 1.74 bits per heavy atom. The number of methoxy groups -OCH3 is 2. The Balaban J connectivity index is 1.89. The molecule has 0 saturated carbocycles. The van der Waals surface area contributed by atoms with Gasteiger partial charge in [0.25, 0.3) is 5.91 Å². The summed E-state index contributed by atoms with van der Waals surface area (Å²) in [7, 11) is 3.06. The molecule has 0 spiro atoms. The number of rotatable bonds is 6. The molecule has 0 bridgehead atoms. The second-order valence-corrected chi connectivity index (χ2v) is 5.50. The van der Waals surface area contributed by atoms with E-state index in [1.807, 2.05) is 4.90 Å². The fourth-order valence-electron chi connectivity index (χ4n) is 2.56. The molecule has 0 atom stereocenters. The van der Waals surface area contributed by atoms with Crippen LogP contribution in [0.25, 0.3) is 0 Å². The lowest BCUT2D eigenvalue weighted by Gasteiger charge is -2.29. The van der Waals surface area contributed by atoms with E-state index in [1.165, 1.54) is 14.2 Å². The van der Waals surface area contributed by atoms with E-state index < -0.39 is 5.97 Å². The van der Waals surface area contributed by atoms with Crippen molar-refractivity contribution < 1.29 is 24.2 Å². The second kappa shape index (κ2) is 7.82. The molecular formula is C16H22N2O5. The molecule has 0 radical (unpaired) electrons. The van der Waals surface area contributed by atoms with Gasteiger partial charge in [0.05, 0.1) is 26.8 Å². The third-order valence-corrected chi connectivity index (χ3v) is 4.01. The van der Waals surface area contributed by atoms with Crippen molar-refractivity contribution in [1.29, 1.82) is 0 Å². The highest BCUT2D eigenvalue weighted by molar-refractivity contribution is 5.95. The van der Waals surface area contributed by atoms with Crippen LogP contribution in [0.2, 0.25) is 0 Å². The van der Waals surface area contributed by atoms with Gasteiger partial charge in [-0.3, -0.25) is 14.5 Å². The van der Waals surface area contributed by atoms with E-state index in [1.54, 1.807) is 18.2 Å². The molecule has 7 heteroatoms. The number of hydrogen-bond acceptors (Lipinski definition) is 5. The molecule has 7 nitrogen and oxygen atoms in total. The molecule has 0 aromatic heterocycles. The summed E-state index contributed by atoms with van der Waals surface area (Å²) in [5.41, 5.74) is 0.460. The van der Waals surface area contributed by atoms with Gasteiger partial charge in [-0.25, -0.2) is 0 Å². The molecule has 2 rings (SSSR count). The molecule has 1 saturated heterocycles. The monoisotopic (exact) mass is 322 g/mol. The minimum Gasteiger partial charge on any atom is -0.497 e. The van der Waals surface area contributed by atoms with Gasteiger partial charge in [0, 0.05) is 24.7 Å². The minimum atomic E-state index is -0.739. The van der Waals surface area contributed by atoms with Crippen LogP contribution in [0.5, 0.6) is 11.5 Å². The second-order valence-electron chi connectivity index (χ2n) is 5.50. The number of carbonyl (C=O) groups is 2. The third kappa shape index (κ3) is 4.59. The SMILES string of the molecule is COc1cc(OC)cc(C(=O)NCN2CCC(C(=O)O)CC2)c1. The first-order valence-corrected chi connectivity index (χ1v) is 7.50. The van der Waals surface area contributed by atoms with Crippen LogP contribution < -0.4 is 14.8 Å². The smallest absolute Gasteiger partial charge is 0.306 e. The Hall–Kier alpha value is -2.28. The van der Waals surface area contributed by atoms with E-state index in [0.29, 0.717) is 49.7 Å². The fraction of sp³-hybridized carbons (Fsp3) is 0.500. The number of hydrogen-bond donors (Lipinski definition) is 2. The van der Waals surface area contributed by atoms with Crippen molar-refractivity contribution in [2.45, 2.75) is 12.8 Å². The molecular weight excluding hydrogens is 300 g/mol. The maximum Gasteiger partial charge on any atom is 0.306 e. The zero-order chi connectivity index (χ0) is 16.8. The van der Waals surface area contributed by atoms with Gasteiger partial charge in [-0.05, 0) is 25.0 Å². The molecule has 1 aromatic rings. The molecule has 126 valence electrons. The van der Waals surface area contributed by atoms with Gasteiger partial charge in [-0.1, -0.05) is 0 Å². The summed E-state index contributed by atoms with van der Waals surface area (Å²) >= 11 is 0. The molecule has 0 aliphatic carbocycles. The summed E-state index contributed by atoms with van der Waals surface area (Å²) in [6.45, 7) is 1.72. The summed E-state index contributed by atoms with van der Waals surface area (Å²) in [4.78, 5) is 25.2. The molecule has 1 fully saturated rings. The number of nitrogens with one attached hydrogen (secondary N) is 1. The molecule has 1 aromatic carbocycles. The molecule has 1 aliphatic heterocycles. The maximum absolute atomic E-state index is 12.3. The normalized spacial score (nSPS) is 15.9. The lowest BCUT2D eigenvalue weighted by atomic mass is 9.97. The van der Waals surface area contributed by atoms with Crippen molar-refractivity contribution in [2.24, 2.45) is 5.92 Å². The van der Waals surface area contributed by atoms with Crippen LogP contribution in [0.1, 0.15) is 23.2 Å². The number of ether oxygens (including phenoxy) is 2. The lowest BCUT2D eigenvalue weighted by Crippen LogP contribution is -2.43. The molecule has 23 heavy (non-hydrogen) atoms. The summed E-state index contributed by atoms with van der Waals surface area (Å²) in [6, 6.07) is 5.00. The van der Waals surface area contributed by atoms with Crippen molar-refractivity contribution in [1.82, 2.24) is 10.2 Å². The standard InChI is InChI=1S/C16H22N2O5/c1-22-13-7-12(8-14(9-13)23-2)15(19)17-10-18-5-3-11(4-6-18)16(20)21/h7-9,11H,3-6,10H2,1-2H3,(H,17,19)(H,20,21). The molecule has 2 N–H and O–H groups in total. The van der Waals surface area contributed by atoms with Gasteiger partial charge in [-0.2, -0.15) is 0 Å². The average molecular weight is 322 g/mol. The summed E-state index contributed by atoms with van der Waals surface area (Å²) in [5, 5.41) is 11.8. The van der Waals surface area contributed by atoms with Gasteiger partial charge in [0.1, 0.15) is 11.5 Å². The van der Waals surface area contributed by atoms with Crippen LogP contribution in [-0.2, 0) is 4.79 Å². The topological polar surface area (TPSA) is 88.1 Å². The molecule has 1 amide bonds. The highest BCUT2D eigenvalue weighted by Gasteiger charge is 2.24. The first kappa shape index (κ1) is 17.1. The van der Waals surface area contributed by atoms with E-state index in [2.05, 4.69) is 5.32 Å². The van der Waals surface area contributed by atoms with Crippen molar-refractivity contribution >= 4 is 11.9 Å². The van der Waals surface area contributed by atoms with Crippen molar-refractivity contribution in [3.8, 4) is 11.5 Å². The van der Waals surface area contributed by atoms with Crippen LogP contribution in [0.3, 0.4) is 0 Å². The van der Waals surface area contributed by atoms with Crippen molar-refractivity contribution in [3.63, 3.8) is 0 Å². The Morgan fingerprint density at radius 3 is 2.22 bits per heavy atom. The highest BCUT2D eigenvalue weighted by atomic mass is 16.5. The summed E-state index contributed by atoms with van der Waals surface area (Å²) in [6.07, 6.45) is 1.22. The fourth-order valence-corrected chi connectivity index (χ4v) is 2.56. The van der Waals surface area contributed by atoms with E-state index in [4.69, 9.17) is 14.6 Å². The molecule has 1 heterocycles. The number of carboxylic acids is 1. The number of carbonyl (C=O) groups excluding carboxylic acids is 1. The summed E-state index contributed by atoms with van der Waals surface area (Å²) in [5.74, 6) is -0.127. The van der Waals surface area contributed by atoms with Crippen LogP contribution in [0, 0.1) is 5.92 Å². The largest absolute Gasteiger partial charge is 0.497 e. The van der Waals surface area contributed by atoms with Gasteiger partial charge in [0.2, 0.25) is 0 Å². The van der Waals surface area contributed by atoms with Crippen molar-refractivity contribution in [2.75, 3.05) is 34.0 Å². The minimum absolute atomic E-state index is 0.220. The van der Waals surface area contributed by atoms with Crippen LogP contribution >= 0.6 is 0 Å². The molecule has 1 aliphatic rings. The van der Waals surface area contributed by atoms with Gasteiger partial charge in [0.15, 0.2) is 0 Å².